The lowest BCUT2D eigenvalue weighted by molar-refractivity contribution is 0.581. The molecule has 2 aromatic rings. The molecule has 0 aliphatic carbocycles. The van der Waals surface area contributed by atoms with Crippen LogP contribution in [0.1, 0.15) is 15.3 Å². The van der Waals surface area contributed by atoms with E-state index in [0.717, 1.165) is 9.75 Å². The molecule has 4 nitrogen and oxygen atoms in total. The molecule has 3 N–H and O–H groups in total. The Hall–Kier alpha value is -1.37. The van der Waals surface area contributed by atoms with Gasteiger partial charge in [-0.1, -0.05) is 0 Å². The van der Waals surface area contributed by atoms with Crippen LogP contribution in [0.4, 0.5) is 5.69 Å². The van der Waals surface area contributed by atoms with E-state index >= 15 is 0 Å². The first-order valence-electron chi connectivity index (χ1n) is 5.79. The van der Waals surface area contributed by atoms with E-state index in [0.29, 0.717) is 17.8 Å². The summed E-state index contributed by atoms with van der Waals surface area (Å²) in [6.45, 7) is 4.04. The molecule has 0 bridgehead atoms. The van der Waals surface area contributed by atoms with Gasteiger partial charge in [0.1, 0.15) is 0 Å². The Balaban J connectivity index is 2.18. The molecule has 1 aromatic carbocycles. The molecule has 6 heteroatoms. The van der Waals surface area contributed by atoms with Gasteiger partial charge in [0.05, 0.1) is 4.90 Å². The molecule has 0 atom stereocenters. The second-order valence-electron chi connectivity index (χ2n) is 4.36. The summed E-state index contributed by atoms with van der Waals surface area (Å²) in [5, 5.41) is 0. The summed E-state index contributed by atoms with van der Waals surface area (Å²) in [5.74, 6) is 0. The van der Waals surface area contributed by atoms with Gasteiger partial charge >= 0.3 is 0 Å². The average Bonchev–Trinajstić information content (AvgIpc) is 2.72. The highest BCUT2D eigenvalue weighted by molar-refractivity contribution is 7.89. The van der Waals surface area contributed by atoms with E-state index in [1.165, 1.54) is 6.07 Å². The van der Waals surface area contributed by atoms with Crippen molar-refractivity contribution in [2.75, 3.05) is 5.73 Å². The quantitative estimate of drug-likeness (QED) is 0.851. The minimum Gasteiger partial charge on any atom is -0.399 e. The van der Waals surface area contributed by atoms with Gasteiger partial charge in [-0.25, -0.2) is 13.1 Å². The second kappa shape index (κ2) is 5.32. The van der Waals surface area contributed by atoms with E-state index in [2.05, 4.69) is 4.72 Å². The molecule has 0 radical (unpaired) electrons. The predicted octanol–water partition coefficient (Wildman–Crippen LogP) is 2.43. The SMILES string of the molecule is Cc1ccc(CNS(=O)(=O)c2ccc(N)cc2C)s1. The number of rotatable bonds is 4. The summed E-state index contributed by atoms with van der Waals surface area (Å²) in [4.78, 5) is 2.43. The maximum atomic E-state index is 12.2. The first-order valence-corrected chi connectivity index (χ1v) is 8.09. The lowest BCUT2D eigenvalue weighted by atomic mass is 10.2. The summed E-state index contributed by atoms with van der Waals surface area (Å²) in [6.07, 6.45) is 0. The zero-order valence-electron chi connectivity index (χ0n) is 10.8. The van der Waals surface area contributed by atoms with Crippen LogP contribution < -0.4 is 10.5 Å². The Morgan fingerprint density at radius 3 is 2.53 bits per heavy atom. The number of anilines is 1. The molecule has 0 unspecified atom stereocenters. The standard InChI is InChI=1S/C13H16N2O2S2/c1-9-7-11(14)4-6-13(9)19(16,17)15-8-12-5-3-10(2)18-12/h3-7,15H,8,14H2,1-2H3. The molecule has 0 aliphatic heterocycles. The van der Waals surface area contributed by atoms with E-state index in [-0.39, 0.29) is 4.90 Å². The maximum absolute atomic E-state index is 12.2. The van der Waals surface area contributed by atoms with Gasteiger partial charge in [-0.2, -0.15) is 0 Å². The maximum Gasteiger partial charge on any atom is 0.241 e. The van der Waals surface area contributed by atoms with Crippen molar-refractivity contribution in [3.8, 4) is 0 Å². The van der Waals surface area contributed by atoms with Crippen LogP contribution in [0.15, 0.2) is 35.2 Å². The van der Waals surface area contributed by atoms with Gasteiger partial charge in [0.2, 0.25) is 10.0 Å². The van der Waals surface area contributed by atoms with E-state index in [1.54, 1.807) is 30.4 Å². The molecule has 0 spiro atoms. The first kappa shape index (κ1) is 14.0. The van der Waals surface area contributed by atoms with Crippen LogP contribution in [0.5, 0.6) is 0 Å². The van der Waals surface area contributed by atoms with E-state index in [9.17, 15) is 8.42 Å². The van der Waals surface area contributed by atoms with E-state index in [1.807, 2.05) is 19.1 Å². The summed E-state index contributed by atoms with van der Waals surface area (Å²) < 4.78 is 27.0. The molecule has 0 aliphatic rings. The summed E-state index contributed by atoms with van der Waals surface area (Å²) in [6, 6.07) is 8.69. The van der Waals surface area contributed by atoms with Crippen LogP contribution in [-0.2, 0) is 16.6 Å². The smallest absolute Gasteiger partial charge is 0.241 e. The van der Waals surface area contributed by atoms with Gasteiger partial charge < -0.3 is 5.73 Å². The van der Waals surface area contributed by atoms with Gasteiger partial charge in [-0.3, -0.25) is 0 Å². The lowest BCUT2D eigenvalue weighted by Gasteiger charge is -2.09. The van der Waals surface area contributed by atoms with E-state index in [4.69, 9.17) is 5.73 Å². The van der Waals surface area contributed by atoms with Crippen LogP contribution in [0, 0.1) is 13.8 Å². The van der Waals surface area contributed by atoms with E-state index < -0.39 is 10.0 Å². The van der Waals surface area contributed by atoms with Gasteiger partial charge in [-0.05, 0) is 49.7 Å². The minimum absolute atomic E-state index is 0.273. The molecule has 0 fully saturated rings. The van der Waals surface area contributed by atoms with Crippen molar-refractivity contribution in [3.05, 3.63) is 45.6 Å². The minimum atomic E-state index is -3.50. The molecule has 19 heavy (non-hydrogen) atoms. The van der Waals surface area contributed by atoms with Gasteiger partial charge in [0.15, 0.2) is 0 Å². The Labute approximate surface area is 117 Å². The summed E-state index contributed by atoms with van der Waals surface area (Å²) in [7, 11) is -3.50. The fourth-order valence-electron chi connectivity index (χ4n) is 1.80. The third-order valence-electron chi connectivity index (χ3n) is 2.72. The van der Waals surface area contributed by atoms with Crippen LogP contribution in [0.3, 0.4) is 0 Å². The zero-order chi connectivity index (χ0) is 14.0. The highest BCUT2D eigenvalue weighted by Crippen LogP contribution is 2.19. The normalized spacial score (nSPS) is 11.7. The van der Waals surface area contributed by atoms with Crippen LogP contribution in [0.25, 0.3) is 0 Å². The molecule has 0 amide bonds. The monoisotopic (exact) mass is 296 g/mol. The fraction of sp³-hybridized carbons (Fsp3) is 0.231. The average molecular weight is 296 g/mol. The number of nitrogens with one attached hydrogen (secondary N) is 1. The van der Waals surface area contributed by atoms with Crippen molar-refractivity contribution in [2.24, 2.45) is 0 Å². The molecule has 0 saturated heterocycles. The Morgan fingerprint density at radius 2 is 1.95 bits per heavy atom. The zero-order valence-corrected chi connectivity index (χ0v) is 12.4. The second-order valence-corrected chi connectivity index (χ2v) is 7.47. The third-order valence-corrected chi connectivity index (χ3v) is 5.28. The number of sulfonamides is 1. The number of aryl methyl sites for hydroxylation is 2. The number of hydrogen-bond acceptors (Lipinski definition) is 4. The van der Waals surface area contributed by atoms with Crippen LogP contribution >= 0.6 is 11.3 Å². The number of nitrogen functional groups attached to an aromatic ring is 1. The molecule has 1 heterocycles. The lowest BCUT2D eigenvalue weighted by Crippen LogP contribution is -2.23. The molecule has 0 saturated carbocycles. The molecule has 1 aromatic heterocycles. The summed E-state index contributed by atoms with van der Waals surface area (Å²) >= 11 is 1.58. The van der Waals surface area contributed by atoms with Crippen LogP contribution in [-0.4, -0.2) is 8.42 Å². The predicted molar refractivity (Wildman–Crippen MR) is 78.7 cm³/mol. The van der Waals surface area contributed by atoms with Crippen LogP contribution in [0.2, 0.25) is 0 Å². The summed E-state index contributed by atoms with van der Waals surface area (Å²) in [5.41, 5.74) is 6.83. The molecular formula is C13H16N2O2S2. The third kappa shape index (κ3) is 3.34. The molecule has 102 valence electrons. The Bertz CT molecular complexity index is 690. The van der Waals surface area contributed by atoms with Crippen molar-refractivity contribution in [1.29, 1.82) is 0 Å². The Kier molecular flexibility index (Phi) is 3.93. The number of hydrogen-bond donors (Lipinski definition) is 2. The van der Waals surface area contributed by atoms with Gasteiger partial charge in [-0.15, -0.1) is 11.3 Å². The largest absolute Gasteiger partial charge is 0.399 e. The van der Waals surface area contributed by atoms with Crippen molar-refractivity contribution in [1.82, 2.24) is 4.72 Å². The number of nitrogens with two attached hydrogens (primary N) is 1. The first-order chi connectivity index (χ1) is 8.88. The number of benzene rings is 1. The molecular weight excluding hydrogens is 280 g/mol. The topological polar surface area (TPSA) is 72.2 Å². The van der Waals surface area contributed by atoms with Crippen molar-refractivity contribution in [2.45, 2.75) is 25.3 Å². The highest BCUT2D eigenvalue weighted by atomic mass is 32.2. The fourth-order valence-corrected chi connectivity index (χ4v) is 3.95. The highest BCUT2D eigenvalue weighted by Gasteiger charge is 2.16. The van der Waals surface area contributed by atoms with Crippen molar-refractivity contribution < 1.29 is 8.42 Å². The van der Waals surface area contributed by atoms with Crippen molar-refractivity contribution >= 4 is 27.0 Å². The van der Waals surface area contributed by atoms with Gasteiger partial charge in [0, 0.05) is 22.0 Å². The molecule has 2 rings (SSSR count). The van der Waals surface area contributed by atoms with Gasteiger partial charge in [0.25, 0.3) is 0 Å². The Morgan fingerprint density at radius 1 is 1.21 bits per heavy atom. The number of thiophene rings is 1. The van der Waals surface area contributed by atoms with Crippen molar-refractivity contribution in [3.63, 3.8) is 0 Å².